The van der Waals surface area contributed by atoms with Crippen molar-refractivity contribution in [2.24, 2.45) is 17.6 Å². The predicted molar refractivity (Wildman–Crippen MR) is 138 cm³/mol. The number of aromatic hydroxyl groups is 1. The minimum Gasteiger partial charge on any atom is -0.508 e. The highest BCUT2D eigenvalue weighted by atomic mass is 16.3. The molecule has 2 rings (SSSR count). The summed E-state index contributed by atoms with van der Waals surface area (Å²) in [6, 6.07) is 7.20. The van der Waals surface area contributed by atoms with E-state index in [1.165, 1.54) is 43.2 Å². The van der Waals surface area contributed by atoms with Gasteiger partial charge in [-0.3, -0.25) is 0 Å². The maximum Gasteiger partial charge on any atom is 0.115 e. The van der Waals surface area contributed by atoms with Gasteiger partial charge in [-0.1, -0.05) is 46.1 Å². The van der Waals surface area contributed by atoms with Gasteiger partial charge in [0.1, 0.15) is 5.75 Å². The summed E-state index contributed by atoms with van der Waals surface area (Å²) in [5.41, 5.74) is 8.58. The topological polar surface area (TPSA) is 52.7 Å². The number of nitrogens with zero attached hydrogens (tertiary/aromatic N) is 2. The fourth-order valence-corrected chi connectivity index (χ4v) is 6.64. The van der Waals surface area contributed by atoms with Crippen LogP contribution in [-0.2, 0) is 11.8 Å². The zero-order valence-electron chi connectivity index (χ0n) is 22.0. The Morgan fingerprint density at radius 1 is 1.12 bits per heavy atom. The highest BCUT2D eigenvalue weighted by Crippen LogP contribution is 2.53. The second-order valence-corrected chi connectivity index (χ2v) is 10.6. The fourth-order valence-electron chi connectivity index (χ4n) is 6.64. The van der Waals surface area contributed by atoms with Gasteiger partial charge in [0.15, 0.2) is 0 Å². The number of fused-ring (bicyclic) bond motifs is 1. The normalized spacial score (nSPS) is 25.2. The van der Waals surface area contributed by atoms with E-state index < -0.39 is 0 Å². The molecule has 1 aromatic rings. The fraction of sp³-hybridized carbons (Fsp3) is 0.786. The molecule has 3 N–H and O–H groups in total. The molecule has 1 aromatic carbocycles. The van der Waals surface area contributed by atoms with Crippen LogP contribution in [-0.4, -0.2) is 61.2 Å². The largest absolute Gasteiger partial charge is 0.508 e. The summed E-state index contributed by atoms with van der Waals surface area (Å²) in [7, 11) is 6.77. The molecule has 0 spiro atoms. The Bertz CT molecular complexity index is 691. The predicted octanol–water partition coefficient (Wildman–Crippen LogP) is 5.42. The lowest BCUT2D eigenvalue weighted by atomic mass is 9.52. The van der Waals surface area contributed by atoms with Gasteiger partial charge in [0.05, 0.1) is 0 Å². The van der Waals surface area contributed by atoms with Crippen molar-refractivity contribution in [1.29, 1.82) is 0 Å². The van der Waals surface area contributed by atoms with Gasteiger partial charge < -0.3 is 20.6 Å². The van der Waals surface area contributed by atoms with E-state index in [9.17, 15) is 5.11 Å². The molecule has 0 bridgehead atoms. The third-order valence-corrected chi connectivity index (χ3v) is 8.69. The van der Waals surface area contributed by atoms with Crippen LogP contribution in [0.5, 0.6) is 5.75 Å². The van der Waals surface area contributed by atoms with Gasteiger partial charge in [-0.25, -0.2) is 0 Å². The minimum atomic E-state index is 0.0600. The maximum absolute atomic E-state index is 10.5. The molecule has 0 heterocycles. The SMILES string of the molecule is CCCC(C(C)N(C)C)C1(CC)c2cc(O)ccc2CC(N(C)CCCCCCN)C1C. The van der Waals surface area contributed by atoms with Gasteiger partial charge in [0.25, 0.3) is 0 Å². The van der Waals surface area contributed by atoms with Gasteiger partial charge in [0.2, 0.25) is 0 Å². The number of hydrogen-bond donors (Lipinski definition) is 2. The smallest absolute Gasteiger partial charge is 0.115 e. The summed E-state index contributed by atoms with van der Waals surface area (Å²) in [6.07, 6.45) is 9.47. The van der Waals surface area contributed by atoms with Crippen molar-refractivity contribution in [3.05, 3.63) is 29.3 Å². The van der Waals surface area contributed by atoms with Crippen LogP contribution in [0.2, 0.25) is 0 Å². The lowest BCUT2D eigenvalue weighted by molar-refractivity contribution is 0.0266. The molecule has 0 radical (unpaired) electrons. The first kappa shape index (κ1) is 27.1. The Kier molecular flexibility index (Phi) is 10.5. The summed E-state index contributed by atoms with van der Waals surface area (Å²) in [5.74, 6) is 1.48. The Balaban J connectivity index is 2.46. The second kappa shape index (κ2) is 12.4. The maximum atomic E-state index is 10.5. The zero-order chi connectivity index (χ0) is 23.9. The molecular weight excluding hydrogens is 394 g/mol. The van der Waals surface area contributed by atoms with Crippen molar-refractivity contribution in [2.45, 2.75) is 96.6 Å². The second-order valence-electron chi connectivity index (χ2n) is 10.6. The molecule has 0 aliphatic heterocycles. The molecule has 5 unspecified atom stereocenters. The quantitative estimate of drug-likeness (QED) is 0.398. The van der Waals surface area contributed by atoms with E-state index >= 15 is 0 Å². The highest BCUT2D eigenvalue weighted by molar-refractivity contribution is 5.44. The number of hydrogen-bond acceptors (Lipinski definition) is 4. The number of benzene rings is 1. The van der Waals surface area contributed by atoms with E-state index in [2.05, 4.69) is 70.8 Å². The Labute approximate surface area is 198 Å². The number of unbranched alkanes of at least 4 members (excludes halogenated alkanes) is 3. The first-order chi connectivity index (χ1) is 15.2. The molecule has 1 aliphatic carbocycles. The number of phenolic OH excluding ortho intramolecular Hbond substituents is 1. The number of likely N-dealkylation sites (N-methyl/N-ethyl adjacent to an activating group) is 1. The van der Waals surface area contributed by atoms with Crippen molar-refractivity contribution in [3.8, 4) is 5.75 Å². The van der Waals surface area contributed by atoms with Gasteiger partial charge in [-0.15, -0.1) is 0 Å². The minimum absolute atomic E-state index is 0.0600. The highest BCUT2D eigenvalue weighted by Gasteiger charge is 2.52. The van der Waals surface area contributed by atoms with Gasteiger partial charge >= 0.3 is 0 Å². The molecular formula is C28H51N3O. The molecule has 1 aliphatic rings. The molecule has 0 saturated carbocycles. The number of rotatable bonds is 13. The molecule has 0 amide bonds. The third-order valence-electron chi connectivity index (χ3n) is 8.69. The van der Waals surface area contributed by atoms with Gasteiger partial charge in [0, 0.05) is 17.5 Å². The van der Waals surface area contributed by atoms with Crippen LogP contribution in [0.3, 0.4) is 0 Å². The lowest BCUT2D eigenvalue weighted by Gasteiger charge is -2.56. The molecule has 0 saturated heterocycles. The molecule has 32 heavy (non-hydrogen) atoms. The van der Waals surface area contributed by atoms with Crippen molar-refractivity contribution in [3.63, 3.8) is 0 Å². The van der Waals surface area contributed by atoms with E-state index in [1.54, 1.807) is 0 Å². The standard InChI is InChI=1S/C28H51N3O/c1-8-14-25(22(4)30(5)6)28(9-2)21(3)27(31(7)18-13-11-10-12-17-29)19-23-15-16-24(32)20-26(23)28/h15-16,20-22,25,27,32H,8-14,17-19,29H2,1-7H3. The van der Waals surface area contributed by atoms with Crippen LogP contribution in [0.1, 0.15) is 83.8 Å². The van der Waals surface area contributed by atoms with Crippen molar-refractivity contribution in [2.75, 3.05) is 34.2 Å². The van der Waals surface area contributed by atoms with Crippen LogP contribution in [0.15, 0.2) is 18.2 Å². The monoisotopic (exact) mass is 445 g/mol. The van der Waals surface area contributed by atoms with Crippen molar-refractivity contribution < 1.29 is 5.11 Å². The summed E-state index contributed by atoms with van der Waals surface area (Å²) < 4.78 is 0. The Morgan fingerprint density at radius 3 is 2.41 bits per heavy atom. The van der Waals surface area contributed by atoms with E-state index in [1.807, 2.05) is 6.07 Å². The third kappa shape index (κ3) is 5.69. The molecule has 4 heteroatoms. The van der Waals surface area contributed by atoms with Crippen molar-refractivity contribution in [1.82, 2.24) is 9.80 Å². The Hall–Kier alpha value is -1.10. The van der Waals surface area contributed by atoms with Crippen LogP contribution in [0.4, 0.5) is 0 Å². The number of phenols is 1. The summed E-state index contributed by atoms with van der Waals surface area (Å²) in [5, 5.41) is 10.5. The summed E-state index contributed by atoms with van der Waals surface area (Å²) >= 11 is 0. The van der Waals surface area contributed by atoms with Gasteiger partial charge in [-0.2, -0.15) is 0 Å². The average molecular weight is 446 g/mol. The van der Waals surface area contributed by atoms with Crippen molar-refractivity contribution >= 4 is 0 Å². The van der Waals surface area contributed by atoms with Crippen LogP contribution >= 0.6 is 0 Å². The molecule has 184 valence electrons. The molecule has 0 aromatic heterocycles. The first-order valence-electron chi connectivity index (χ1n) is 13.1. The van der Waals surface area contributed by atoms with E-state index in [4.69, 9.17) is 5.73 Å². The van der Waals surface area contributed by atoms with Crippen LogP contribution in [0, 0.1) is 11.8 Å². The first-order valence-corrected chi connectivity index (χ1v) is 13.1. The average Bonchev–Trinajstić information content (AvgIpc) is 2.77. The van der Waals surface area contributed by atoms with E-state index in [0.717, 1.165) is 32.4 Å². The van der Waals surface area contributed by atoms with Gasteiger partial charge in [-0.05, 0) is 108 Å². The Morgan fingerprint density at radius 2 is 1.81 bits per heavy atom. The zero-order valence-corrected chi connectivity index (χ0v) is 22.0. The molecule has 4 nitrogen and oxygen atoms in total. The lowest BCUT2D eigenvalue weighted by Crippen LogP contribution is -2.58. The molecule has 5 atom stereocenters. The van der Waals surface area contributed by atoms with Crippen LogP contribution < -0.4 is 5.73 Å². The summed E-state index contributed by atoms with van der Waals surface area (Å²) in [6.45, 7) is 11.6. The summed E-state index contributed by atoms with van der Waals surface area (Å²) in [4.78, 5) is 5.04. The van der Waals surface area contributed by atoms with Crippen LogP contribution in [0.25, 0.3) is 0 Å². The van der Waals surface area contributed by atoms with E-state index in [0.29, 0.717) is 29.7 Å². The number of nitrogens with two attached hydrogens (primary N) is 1. The molecule has 0 fully saturated rings. The van der Waals surface area contributed by atoms with E-state index in [-0.39, 0.29) is 5.41 Å².